The van der Waals surface area contributed by atoms with E-state index in [1.54, 1.807) is 24.3 Å². The Morgan fingerprint density at radius 1 is 1.05 bits per heavy atom. The van der Waals surface area contributed by atoms with Gasteiger partial charge < -0.3 is 19.9 Å². The Morgan fingerprint density at radius 3 is 2.29 bits per heavy atom. The number of alkyl halides is 3. The minimum atomic E-state index is -4.60. The second-order valence-electron chi connectivity index (χ2n) is 8.87. The molecule has 0 bridgehead atoms. The highest BCUT2D eigenvalue weighted by Gasteiger charge is 2.33. The Bertz CT molecular complexity index is 1310. The van der Waals surface area contributed by atoms with Crippen LogP contribution in [0.2, 0.25) is 0 Å². The van der Waals surface area contributed by atoms with E-state index < -0.39 is 23.4 Å². The summed E-state index contributed by atoms with van der Waals surface area (Å²) in [5.41, 5.74) is 5.22. The van der Waals surface area contributed by atoms with Crippen LogP contribution in [0.5, 0.6) is 5.75 Å². The first-order valence-electron chi connectivity index (χ1n) is 12.1. The number of ether oxygens (including phenoxy) is 1. The Kier molecular flexibility index (Phi) is 8.98. The molecule has 38 heavy (non-hydrogen) atoms. The van der Waals surface area contributed by atoms with Gasteiger partial charge in [0.1, 0.15) is 5.75 Å². The van der Waals surface area contributed by atoms with Gasteiger partial charge in [0.05, 0.1) is 30.5 Å². The summed E-state index contributed by atoms with van der Waals surface area (Å²) >= 11 is 0. The van der Waals surface area contributed by atoms with Crippen molar-refractivity contribution in [1.29, 1.82) is 0 Å². The van der Waals surface area contributed by atoms with E-state index >= 15 is 0 Å². The lowest BCUT2D eigenvalue weighted by molar-refractivity contribution is -0.138. The number of aromatic nitrogens is 1. The fourth-order valence-electron chi connectivity index (χ4n) is 4.21. The van der Waals surface area contributed by atoms with Crippen LogP contribution in [0, 0.1) is 6.92 Å². The lowest BCUT2D eigenvalue weighted by Crippen LogP contribution is -2.37. The topological polar surface area (TPSA) is 94.6 Å². The molecule has 0 saturated carbocycles. The van der Waals surface area contributed by atoms with Crippen molar-refractivity contribution in [3.63, 3.8) is 0 Å². The summed E-state index contributed by atoms with van der Waals surface area (Å²) in [6, 6.07) is 12.8. The third-order valence-corrected chi connectivity index (χ3v) is 6.31. The molecule has 7 nitrogen and oxygen atoms in total. The molecule has 2 amide bonds. The number of hydrogen-bond donors (Lipinski definition) is 1. The highest BCUT2D eigenvalue weighted by Crippen LogP contribution is 2.33. The zero-order chi connectivity index (χ0) is 28.0. The van der Waals surface area contributed by atoms with Gasteiger partial charge in [0.2, 0.25) is 0 Å². The van der Waals surface area contributed by atoms with Crippen molar-refractivity contribution in [3.8, 4) is 5.75 Å². The number of amides is 2. The van der Waals surface area contributed by atoms with Crippen LogP contribution in [-0.4, -0.2) is 47.3 Å². The van der Waals surface area contributed by atoms with Crippen LogP contribution in [0.3, 0.4) is 0 Å². The number of rotatable bonds is 11. The van der Waals surface area contributed by atoms with Gasteiger partial charge in [0.25, 0.3) is 11.8 Å². The molecule has 0 atom stereocenters. The van der Waals surface area contributed by atoms with Crippen LogP contribution in [0.1, 0.15) is 67.8 Å². The first-order chi connectivity index (χ1) is 18.0. The van der Waals surface area contributed by atoms with Crippen molar-refractivity contribution in [2.75, 3.05) is 20.2 Å². The molecule has 0 spiro atoms. The normalized spacial score (nSPS) is 11.3. The van der Waals surface area contributed by atoms with Crippen molar-refractivity contribution < 1.29 is 32.3 Å². The van der Waals surface area contributed by atoms with Gasteiger partial charge in [-0.15, -0.1) is 0 Å². The maximum Gasteiger partial charge on any atom is 0.416 e. The number of ketones is 1. The summed E-state index contributed by atoms with van der Waals surface area (Å²) in [7, 11) is 1.51. The average molecular weight is 530 g/mol. The number of primary amides is 1. The Morgan fingerprint density at radius 2 is 1.71 bits per heavy atom. The van der Waals surface area contributed by atoms with E-state index in [4.69, 9.17) is 10.5 Å². The maximum atomic E-state index is 13.6. The maximum absolute atomic E-state index is 13.6. The Labute approximate surface area is 219 Å². The zero-order valence-corrected chi connectivity index (χ0v) is 21.5. The Balaban J connectivity index is 1.98. The summed E-state index contributed by atoms with van der Waals surface area (Å²) in [4.78, 5) is 40.2. The summed E-state index contributed by atoms with van der Waals surface area (Å²) in [5, 5.41) is 0. The van der Waals surface area contributed by atoms with Crippen LogP contribution in [0.15, 0.2) is 54.6 Å². The molecule has 0 saturated heterocycles. The van der Waals surface area contributed by atoms with Crippen LogP contribution < -0.4 is 10.5 Å². The zero-order valence-electron chi connectivity index (χ0n) is 21.5. The van der Waals surface area contributed by atoms with Gasteiger partial charge in [-0.05, 0) is 55.3 Å². The number of benzene rings is 2. The fourth-order valence-corrected chi connectivity index (χ4v) is 4.21. The molecule has 10 heteroatoms. The molecule has 0 aliphatic rings. The smallest absolute Gasteiger partial charge is 0.416 e. The quantitative estimate of drug-likeness (QED) is 0.350. The summed E-state index contributed by atoms with van der Waals surface area (Å²) in [6.45, 7) is 3.13. The lowest BCUT2D eigenvalue weighted by Gasteiger charge is -2.23. The molecule has 0 radical (unpaired) electrons. The number of hydrogen-bond acceptors (Lipinski definition) is 4. The molecule has 3 aromatic rings. The highest BCUT2D eigenvalue weighted by molar-refractivity contribution is 6.04. The van der Waals surface area contributed by atoms with Crippen LogP contribution in [0.25, 0.3) is 0 Å². The first-order valence-corrected chi connectivity index (χ1v) is 12.1. The number of nitrogens with zero attached hydrogens (tertiary/aromatic N) is 2. The second kappa shape index (κ2) is 12.0. The van der Waals surface area contributed by atoms with E-state index in [1.165, 1.54) is 47.8 Å². The molecule has 2 N–H and O–H groups in total. The number of nitrogens with two attached hydrogens (primary N) is 1. The van der Waals surface area contributed by atoms with Gasteiger partial charge in [-0.2, -0.15) is 13.2 Å². The van der Waals surface area contributed by atoms with E-state index in [-0.39, 0.29) is 41.5 Å². The molecule has 0 aliphatic carbocycles. The number of carbonyl (C=O) groups excluding carboxylic acids is 3. The van der Waals surface area contributed by atoms with Crippen molar-refractivity contribution in [2.45, 2.75) is 39.4 Å². The van der Waals surface area contributed by atoms with Gasteiger partial charge in [0.15, 0.2) is 5.78 Å². The van der Waals surface area contributed by atoms with E-state index in [0.29, 0.717) is 24.3 Å². The van der Waals surface area contributed by atoms with E-state index in [2.05, 4.69) is 0 Å². The number of methoxy groups -OCH3 is 1. The third-order valence-electron chi connectivity index (χ3n) is 6.31. The van der Waals surface area contributed by atoms with Crippen LogP contribution in [-0.2, 0) is 12.7 Å². The first kappa shape index (κ1) is 28.5. The predicted molar refractivity (Wildman–Crippen MR) is 136 cm³/mol. The number of unbranched alkanes of at least 4 members (excludes halogenated alkanes) is 1. The molecule has 1 aromatic heterocycles. The minimum absolute atomic E-state index is 0.00249. The summed E-state index contributed by atoms with van der Waals surface area (Å²) < 4.78 is 47.4. The molecule has 0 fully saturated rings. The summed E-state index contributed by atoms with van der Waals surface area (Å²) in [5.74, 6) is -1.13. The Hall–Kier alpha value is -4.08. The standard InChI is InChI=1S/C28H30F3N3O4/c1-4-5-14-33(27(37)19-10-12-21(38-3)13-11-19)17-25(35)24-15-22(26(32)36)18(2)34(24)16-20-8-6-7-9-23(20)28(29,30)31/h6-13,15H,4-5,14,16-17H2,1-3H3,(H2,32,36). The molecular weight excluding hydrogens is 499 g/mol. The molecule has 2 aromatic carbocycles. The SMILES string of the molecule is CCCCN(CC(=O)c1cc(C(N)=O)c(C)n1Cc1ccccc1C(F)(F)F)C(=O)c1ccc(OC)cc1. The van der Waals surface area contributed by atoms with E-state index in [1.807, 2.05) is 6.92 Å². The third kappa shape index (κ3) is 6.42. The van der Waals surface area contributed by atoms with E-state index in [9.17, 15) is 27.6 Å². The highest BCUT2D eigenvalue weighted by atomic mass is 19.4. The fraction of sp³-hybridized carbons (Fsp3) is 0.321. The van der Waals surface area contributed by atoms with E-state index in [0.717, 1.165) is 12.5 Å². The lowest BCUT2D eigenvalue weighted by atomic mass is 10.1. The van der Waals surface area contributed by atoms with Crippen LogP contribution in [0.4, 0.5) is 13.2 Å². The number of Topliss-reactive ketones (excluding diaryl/α,β-unsaturated/α-hetero) is 1. The average Bonchev–Trinajstić information content (AvgIpc) is 3.22. The van der Waals surface area contributed by atoms with Crippen LogP contribution >= 0.6 is 0 Å². The largest absolute Gasteiger partial charge is 0.497 e. The molecule has 202 valence electrons. The second-order valence-corrected chi connectivity index (χ2v) is 8.87. The molecule has 0 unspecified atom stereocenters. The molecule has 1 heterocycles. The van der Waals surface area contributed by atoms with Gasteiger partial charge in [0, 0.05) is 24.3 Å². The van der Waals surface area contributed by atoms with Gasteiger partial charge in [-0.25, -0.2) is 0 Å². The predicted octanol–water partition coefficient (Wildman–Crippen LogP) is 5.10. The molecular formula is C28H30F3N3O4. The van der Waals surface area contributed by atoms with Gasteiger partial charge in [-0.1, -0.05) is 31.5 Å². The monoisotopic (exact) mass is 529 g/mol. The van der Waals surface area contributed by atoms with Crippen molar-refractivity contribution in [3.05, 3.63) is 88.2 Å². The summed E-state index contributed by atoms with van der Waals surface area (Å²) in [6.07, 6.45) is -3.19. The molecule has 0 aliphatic heterocycles. The minimum Gasteiger partial charge on any atom is -0.497 e. The van der Waals surface area contributed by atoms with Gasteiger partial charge in [-0.3, -0.25) is 14.4 Å². The van der Waals surface area contributed by atoms with Crippen molar-refractivity contribution in [1.82, 2.24) is 9.47 Å². The van der Waals surface area contributed by atoms with Gasteiger partial charge >= 0.3 is 6.18 Å². The van der Waals surface area contributed by atoms with Crippen molar-refractivity contribution in [2.24, 2.45) is 5.73 Å². The van der Waals surface area contributed by atoms with Crippen molar-refractivity contribution >= 4 is 17.6 Å². The number of halogens is 3. The number of carbonyl (C=O) groups is 3. The molecule has 3 rings (SSSR count).